The maximum absolute atomic E-state index is 13.4. The van der Waals surface area contributed by atoms with Gasteiger partial charge in [0.2, 0.25) is 0 Å². The molecule has 2 atom stereocenters. The third-order valence-corrected chi connectivity index (χ3v) is 5.08. The number of nitrogens with zero attached hydrogens (tertiary/aromatic N) is 1. The van der Waals surface area contributed by atoms with Gasteiger partial charge in [0.15, 0.2) is 0 Å². The van der Waals surface area contributed by atoms with Crippen molar-refractivity contribution in [2.75, 3.05) is 12.0 Å². The van der Waals surface area contributed by atoms with E-state index in [0.29, 0.717) is 11.1 Å². The zero-order valence-electron chi connectivity index (χ0n) is 15.3. The minimum absolute atomic E-state index is 0.119. The van der Waals surface area contributed by atoms with Crippen molar-refractivity contribution in [3.05, 3.63) is 95.1 Å². The molecule has 1 aliphatic heterocycles. The molecule has 1 aliphatic rings. The van der Waals surface area contributed by atoms with Crippen LogP contribution in [-0.2, 0) is 0 Å². The molecule has 0 bridgehead atoms. The Bertz CT molecular complexity index is 964. The summed E-state index contributed by atoms with van der Waals surface area (Å²) in [7, 11) is 1.61. The minimum Gasteiger partial charge on any atom is -0.497 e. The average molecular weight is 359 g/mol. The van der Waals surface area contributed by atoms with Gasteiger partial charge in [-0.15, -0.1) is 0 Å². The molecule has 0 aromatic heterocycles. The number of aryl methyl sites for hydroxylation is 1. The van der Waals surface area contributed by atoms with Crippen LogP contribution in [-0.4, -0.2) is 18.1 Å². The molecule has 0 fully saturated rings. The van der Waals surface area contributed by atoms with E-state index in [1.807, 2.05) is 73.7 Å². The molecule has 1 amide bonds. The lowest BCUT2D eigenvalue weighted by molar-refractivity contribution is 0.0851. The van der Waals surface area contributed by atoms with Gasteiger partial charge in [-0.3, -0.25) is 9.69 Å². The molecule has 0 saturated carbocycles. The Labute approximate surface area is 158 Å². The van der Waals surface area contributed by atoms with E-state index in [0.717, 1.165) is 22.6 Å². The number of carbonyl (C=O) groups excluding carboxylic acids is 1. The Morgan fingerprint density at radius 1 is 0.926 bits per heavy atom. The summed E-state index contributed by atoms with van der Waals surface area (Å²) in [5.74, 6) is 0.600. The molecule has 3 aromatic carbocycles. The SMILES string of the molecule is COc1ccc(N2C(=O)c3ccccc3C(O)C2c2ccc(C)cc2)cc1. The highest BCUT2D eigenvalue weighted by molar-refractivity contribution is 6.09. The summed E-state index contributed by atoms with van der Waals surface area (Å²) in [6.07, 6.45) is -0.816. The summed E-state index contributed by atoms with van der Waals surface area (Å²) in [5, 5.41) is 11.2. The third kappa shape index (κ3) is 2.98. The second kappa shape index (κ2) is 6.89. The molecule has 4 nitrogen and oxygen atoms in total. The van der Waals surface area contributed by atoms with Crippen LogP contribution >= 0.6 is 0 Å². The van der Waals surface area contributed by atoms with Crippen LogP contribution in [0.2, 0.25) is 0 Å². The lowest BCUT2D eigenvalue weighted by atomic mass is 9.86. The predicted octanol–water partition coefficient (Wildman–Crippen LogP) is 4.44. The van der Waals surface area contributed by atoms with E-state index in [2.05, 4.69) is 0 Å². The van der Waals surface area contributed by atoms with E-state index in [1.165, 1.54) is 0 Å². The summed E-state index contributed by atoms with van der Waals surface area (Å²) in [6.45, 7) is 2.02. The monoisotopic (exact) mass is 359 g/mol. The van der Waals surface area contributed by atoms with Crippen LogP contribution in [0.1, 0.15) is 39.2 Å². The Hall–Kier alpha value is -3.11. The highest BCUT2D eigenvalue weighted by Gasteiger charge is 2.40. The fourth-order valence-electron chi connectivity index (χ4n) is 3.63. The molecule has 4 heteroatoms. The first-order valence-corrected chi connectivity index (χ1v) is 8.91. The number of rotatable bonds is 3. The molecule has 2 unspecified atom stereocenters. The molecular formula is C23H21NO3. The third-order valence-electron chi connectivity index (χ3n) is 5.08. The van der Waals surface area contributed by atoms with Crippen LogP contribution in [0, 0.1) is 6.92 Å². The Morgan fingerprint density at radius 2 is 1.59 bits per heavy atom. The normalized spacial score (nSPS) is 18.9. The minimum atomic E-state index is -0.816. The van der Waals surface area contributed by atoms with Crippen LogP contribution in [0.3, 0.4) is 0 Å². The summed E-state index contributed by atoms with van der Waals surface area (Å²) in [5.41, 5.74) is 3.94. The Morgan fingerprint density at radius 3 is 2.26 bits per heavy atom. The average Bonchev–Trinajstić information content (AvgIpc) is 2.71. The van der Waals surface area contributed by atoms with E-state index in [-0.39, 0.29) is 5.91 Å². The van der Waals surface area contributed by atoms with Gasteiger partial charge in [-0.25, -0.2) is 0 Å². The van der Waals surface area contributed by atoms with E-state index in [9.17, 15) is 9.90 Å². The van der Waals surface area contributed by atoms with Crippen molar-refractivity contribution in [2.24, 2.45) is 0 Å². The van der Waals surface area contributed by atoms with E-state index < -0.39 is 12.1 Å². The number of ether oxygens (including phenoxy) is 1. The van der Waals surface area contributed by atoms with Crippen LogP contribution in [0.4, 0.5) is 5.69 Å². The zero-order valence-corrected chi connectivity index (χ0v) is 15.3. The van der Waals surface area contributed by atoms with Crippen molar-refractivity contribution >= 4 is 11.6 Å². The molecule has 0 radical (unpaired) electrons. The molecule has 3 aromatic rings. The molecule has 4 rings (SSSR count). The highest BCUT2D eigenvalue weighted by Crippen LogP contribution is 2.43. The first-order valence-electron chi connectivity index (χ1n) is 8.91. The van der Waals surface area contributed by atoms with Gasteiger partial charge in [0.05, 0.1) is 13.2 Å². The number of fused-ring (bicyclic) bond motifs is 1. The highest BCUT2D eigenvalue weighted by atomic mass is 16.5. The number of carbonyl (C=O) groups is 1. The number of anilines is 1. The van der Waals surface area contributed by atoms with Gasteiger partial charge in [-0.05, 0) is 48.4 Å². The molecule has 1 N–H and O–H groups in total. The summed E-state index contributed by atoms with van der Waals surface area (Å²) >= 11 is 0. The van der Waals surface area contributed by atoms with Crippen LogP contribution < -0.4 is 9.64 Å². The van der Waals surface area contributed by atoms with Gasteiger partial charge in [0.25, 0.3) is 5.91 Å². The van der Waals surface area contributed by atoms with Crippen molar-refractivity contribution in [2.45, 2.75) is 19.1 Å². The number of hydrogen-bond acceptors (Lipinski definition) is 3. The lowest BCUT2D eigenvalue weighted by Crippen LogP contribution is -2.43. The molecule has 0 spiro atoms. The fourth-order valence-corrected chi connectivity index (χ4v) is 3.63. The van der Waals surface area contributed by atoms with Gasteiger partial charge in [-0.1, -0.05) is 48.0 Å². The lowest BCUT2D eigenvalue weighted by Gasteiger charge is -2.40. The second-order valence-electron chi connectivity index (χ2n) is 6.76. The van der Waals surface area contributed by atoms with Crippen molar-refractivity contribution in [1.82, 2.24) is 0 Å². The largest absolute Gasteiger partial charge is 0.497 e. The van der Waals surface area contributed by atoms with Gasteiger partial charge in [0.1, 0.15) is 11.9 Å². The number of benzene rings is 3. The number of hydrogen-bond donors (Lipinski definition) is 1. The Kier molecular flexibility index (Phi) is 4.42. The fraction of sp³-hybridized carbons (Fsp3) is 0.174. The summed E-state index contributed by atoms with van der Waals surface area (Å²) in [6, 6.07) is 22.0. The van der Waals surface area contributed by atoms with E-state index in [1.54, 1.807) is 18.1 Å². The smallest absolute Gasteiger partial charge is 0.259 e. The molecule has 136 valence electrons. The topological polar surface area (TPSA) is 49.8 Å². The van der Waals surface area contributed by atoms with E-state index in [4.69, 9.17) is 4.74 Å². The number of amides is 1. The Balaban J connectivity index is 1.88. The molecule has 1 heterocycles. The standard InChI is InChI=1S/C23H21NO3/c1-15-7-9-16(10-8-15)21-22(25)19-5-3-4-6-20(19)23(26)24(21)17-11-13-18(27-2)14-12-17/h3-14,21-22,25H,1-2H3. The number of aliphatic hydroxyl groups is 1. The first-order chi connectivity index (χ1) is 13.1. The van der Waals surface area contributed by atoms with Crippen molar-refractivity contribution in [3.63, 3.8) is 0 Å². The summed E-state index contributed by atoms with van der Waals surface area (Å²) in [4.78, 5) is 15.0. The first kappa shape index (κ1) is 17.3. The number of aliphatic hydroxyl groups excluding tert-OH is 1. The van der Waals surface area contributed by atoms with Crippen LogP contribution in [0.15, 0.2) is 72.8 Å². The quantitative estimate of drug-likeness (QED) is 0.752. The molecule has 27 heavy (non-hydrogen) atoms. The second-order valence-corrected chi connectivity index (χ2v) is 6.76. The maximum Gasteiger partial charge on any atom is 0.259 e. The van der Waals surface area contributed by atoms with Gasteiger partial charge in [0, 0.05) is 11.3 Å². The van der Waals surface area contributed by atoms with Crippen molar-refractivity contribution in [3.8, 4) is 5.75 Å². The van der Waals surface area contributed by atoms with Gasteiger partial charge in [-0.2, -0.15) is 0 Å². The molecular weight excluding hydrogens is 338 g/mol. The van der Waals surface area contributed by atoms with Crippen LogP contribution in [0.25, 0.3) is 0 Å². The zero-order chi connectivity index (χ0) is 19.0. The van der Waals surface area contributed by atoms with E-state index >= 15 is 0 Å². The maximum atomic E-state index is 13.4. The molecule has 0 aliphatic carbocycles. The van der Waals surface area contributed by atoms with Crippen molar-refractivity contribution in [1.29, 1.82) is 0 Å². The van der Waals surface area contributed by atoms with Gasteiger partial charge < -0.3 is 9.84 Å². The number of methoxy groups -OCH3 is 1. The molecule has 0 saturated heterocycles. The predicted molar refractivity (Wildman–Crippen MR) is 105 cm³/mol. The summed E-state index contributed by atoms with van der Waals surface area (Å²) < 4.78 is 5.23. The van der Waals surface area contributed by atoms with Crippen molar-refractivity contribution < 1.29 is 14.6 Å². The van der Waals surface area contributed by atoms with Gasteiger partial charge >= 0.3 is 0 Å². The van der Waals surface area contributed by atoms with Crippen LogP contribution in [0.5, 0.6) is 5.75 Å².